The summed E-state index contributed by atoms with van der Waals surface area (Å²) in [4.78, 5) is 2.25. The number of nitriles is 1. The van der Waals surface area contributed by atoms with E-state index in [1.807, 2.05) is 24.3 Å². The molecule has 0 saturated heterocycles. The summed E-state index contributed by atoms with van der Waals surface area (Å²) in [5.41, 5.74) is 1.89. The van der Waals surface area contributed by atoms with Crippen molar-refractivity contribution in [2.75, 3.05) is 20.6 Å². The molecule has 98 valence electrons. The van der Waals surface area contributed by atoms with Crippen molar-refractivity contribution in [3.63, 3.8) is 0 Å². The standard InChI is InChI=1S/C15H23N3/c1-12(2)15(18(3)4)11-17-10-14-7-5-6-13(8-14)9-16/h5-8,12,15,17H,10-11H2,1-4H3. The maximum atomic E-state index is 8.84. The van der Waals surface area contributed by atoms with E-state index in [9.17, 15) is 0 Å². The SMILES string of the molecule is CC(C)C(CNCc1cccc(C#N)c1)N(C)C. The minimum atomic E-state index is 0.532. The van der Waals surface area contributed by atoms with Crippen LogP contribution in [-0.4, -0.2) is 31.6 Å². The van der Waals surface area contributed by atoms with Gasteiger partial charge in [-0.1, -0.05) is 26.0 Å². The van der Waals surface area contributed by atoms with Crippen LogP contribution >= 0.6 is 0 Å². The van der Waals surface area contributed by atoms with Gasteiger partial charge in [0, 0.05) is 19.1 Å². The molecule has 0 amide bonds. The summed E-state index contributed by atoms with van der Waals surface area (Å²) in [7, 11) is 4.23. The molecule has 1 unspecified atom stereocenters. The van der Waals surface area contributed by atoms with Gasteiger partial charge in [0.25, 0.3) is 0 Å². The summed E-state index contributed by atoms with van der Waals surface area (Å²) < 4.78 is 0. The van der Waals surface area contributed by atoms with Gasteiger partial charge in [-0.25, -0.2) is 0 Å². The molecule has 0 aliphatic heterocycles. The molecule has 0 aliphatic carbocycles. The number of rotatable bonds is 6. The Morgan fingerprint density at radius 3 is 2.61 bits per heavy atom. The largest absolute Gasteiger partial charge is 0.311 e. The lowest BCUT2D eigenvalue weighted by molar-refractivity contribution is 0.224. The van der Waals surface area contributed by atoms with Gasteiger partial charge in [-0.2, -0.15) is 5.26 Å². The zero-order chi connectivity index (χ0) is 13.5. The number of nitrogens with one attached hydrogen (secondary N) is 1. The first-order valence-corrected chi connectivity index (χ1v) is 6.40. The molecule has 0 aliphatic rings. The number of hydrogen-bond acceptors (Lipinski definition) is 3. The van der Waals surface area contributed by atoms with Crippen LogP contribution in [0.4, 0.5) is 0 Å². The highest BCUT2D eigenvalue weighted by molar-refractivity contribution is 5.32. The van der Waals surface area contributed by atoms with Crippen molar-refractivity contribution < 1.29 is 0 Å². The van der Waals surface area contributed by atoms with Crippen LogP contribution < -0.4 is 5.32 Å². The van der Waals surface area contributed by atoms with E-state index in [1.165, 1.54) is 0 Å². The van der Waals surface area contributed by atoms with Crippen molar-refractivity contribution in [2.24, 2.45) is 5.92 Å². The fraction of sp³-hybridized carbons (Fsp3) is 0.533. The van der Waals surface area contributed by atoms with Crippen LogP contribution in [0.25, 0.3) is 0 Å². The molecule has 1 atom stereocenters. The van der Waals surface area contributed by atoms with Crippen LogP contribution in [0.1, 0.15) is 25.0 Å². The Bertz CT molecular complexity index is 396. The van der Waals surface area contributed by atoms with Gasteiger partial charge in [0.15, 0.2) is 0 Å². The topological polar surface area (TPSA) is 39.1 Å². The minimum Gasteiger partial charge on any atom is -0.311 e. The molecule has 1 aromatic rings. The third kappa shape index (κ3) is 4.48. The number of nitrogens with zero attached hydrogens (tertiary/aromatic N) is 2. The smallest absolute Gasteiger partial charge is 0.0991 e. The van der Waals surface area contributed by atoms with E-state index < -0.39 is 0 Å². The molecule has 1 N–H and O–H groups in total. The molecule has 0 bridgehead atoms. The molecule has 0 heterocycles. The van der Waals surface area contributed by atoms with E-state index in [1.54, 1.807) is 0 Å². The van der Waals surface area contributed by atoms with Crippen molar-refractivity contribution in [2.45, 2.75) is 26.4 Å². The van der Waals surface area contributed by atoms with Crippen molar-refractivity contribution in [1.29, 1.82) is 5.26 Å². The van der Waals surface area contributed by atoms with Gasteiger partial charge in [-0.3, -0.25) is 0 Å². The van der Waals surface area contributed by atoms with Crippen molar-refractivity contribution in [3.05, 3.63) is 35.4 Å². The van der Waals surface area contributed by atoms with Gasteiger partial charge in [-0.05, 0) is 37.7 Å². The van der Waals surface area contributed by atoms with E-state index in [0.29, 0.717) is 12.0 Å². The minimum absolute atomic E-state index is 0.532. The Labute approximate surface area is 110 Å². The Morgan fingerprint density at radius 1 is 1.33 bits per heavy atom. The highest BCUT2D eigenvalue weighted by atomic mass is 15.1. The van der Waals surface area contributed by atoms with Crippen LogP contribution in [-0.2, 0) is 6.54 Å². The van der Waals surface area contributed by atoms with Crippen LogP contribution in [0, 0.1) is 17.2 Å². The summed E-state index contributed by atoms with van der Waals surface area (Å²) >= 11 is 0. The molecular formula is C15H23N3. The van der Waals surface area contributed by atoms with Crippen LogP contribution in [0.5, 0.6) is 0 Å². The molecule has 18 heavy (non-hydrogen) atoms. The molecule has 0 spiro atoms. The van der Waals surface area contributed by atoms with Gasteiger partial charge in [0.1, 0.15) is 0 Å². The highest BCUT2D eigenvalue weighted by Gasteiger charge is 2.14. The molecule has 3 heteroatoms. The Kier molecular flexibility index (Phi) is 5.84. The third-order valence-electron chi connectivity index (χ3n) is 3.17. The molecule has 1 aromatic carbocycles. The lowest BCUT2D eigenvalue weighted by Gasteiger charge is -2.28. The first-order chi connectivity index (χ1) is 8.54. The summed E-state index contributed by atoms with van der Waals surface area (Å²) in [5, 5.41) is 12.3. The van der Waals surface area contributed by atoms with Crippen LogP contribution in [0.15, 0.2) is 24.3 Å². The molecule has 3 nitrogen and oxygen atoms in total. The van der Waals surface area contributed by atoms with Crippen molar-refractivity contribution in [3.8, 4) is 6.07 Å². The third-order valence-corrected chi connectivity index (χ3v) is 3.17. The molecular weight excluding hydrogens is 222 g/mol. The fourth-order valence-electron chi connectivity index (χ4n) is 2.13. The molecule has 1 rings (SSSR count). The second-order valence-corrected chi connectivity index (χ2v) is 5.22. The summed E-state index contributed by atoms with van der Waals surface area (Å²) in [6.45, 7) is 6.25. The molecule has 0 fully saturated rings. The quantitative estimate of drug-likeness (QED) is 0.835. The van der Waals surface area contributed by atoms with Gasteiger partial charge < -0.3 is 10.2 Å². The number of benzene rings is 1. The lowest BCUT2D eigenvalue weighted by atomic mass is 10.0. The molecule has 0 saturated carbocycles. The maximum absolute atomic E-state index is 8.84. The average Bonchev–Trinajstić information content (AvgIpc) is 2.34. The lowest BCUT2D eigenvalue weighted by Crippen LogP contribution is -2.41. The first-order valence-electron chi connectivity index (χ1n) is 6.40. The van der Waals surface area contributed by atoms with Crippen LogP contribution in [0.3, 0.4) is 0 Å². The van der Waals surface area contributed by atoms with Gasteiger partial charge >= 0.3 is 0 Å². The van der Waals surface area contributed by atoms with Crippen LogP contribution in [0.2, 0.25) is 0 Å². The Morgan fingerprint density at radius 2 is 2.06 bits per heavy atom. The van der Waals surface area contributed by atoms with Crippen molar-refractivity contribution >= 4 is 0 Å². The highest BCUT2D eigenvalue weighted by Crippen LogP contribution is 2.07. The average molecular weight is 245 g/mol. The zero-order valence-corrected chi connectivity index (χ0v) is 11.8. The maximum Gasteiger partial charge on any atom is 0.0991 e. The molecule has 0 aromatic heterocycles. The summed E-state index contributed by atoms with van der Waals surface area (Å²) in [6.07, 6.45) is 0. The van der Waals surface area contributed by atoms with E-state index in [4.69, 9.17) is 5.26 Å². The first kappa shape index (κ1) is 14.7. The monoisotopic (exact) mass is 245 g/mol. The van der Waals surface area contributed by atoms with E-state index >= 15 is 0 Å². The number of likely N-dealkylation sites (N-methyl/N-ethyl adjacent to an activating group) is 1. The summed E-state index contributed by atoms with van der Waals surface area (Å²) in [5.74, 6) is 0.623. The van der Waals surface area contributed by atoms with Gasteiger partial charge in [0.2, 0.25) is 0 Å². The Balaban J connectivity index is 2.48. The van der Waals surface area contributed by atoms with E-state index in [0.717, 1.165) is 24.2 Å². The van der Waals surface area contributed by atoms with E-state index in [2.05, 4.69) is 44.2 Å². The zero-order valence-electron chi connectivity index (χ0n) is 11.8. The molecule has 0 radical (unpaired) electrons. The predicted octanol–water partition coefficient (Wildman–Crippen LogP) is 2.23. The predicted molar refractivity (Wildman–Crippen MR) is 75.2 cm³/mol. The van der Waals surface area contributed by atoms with E-state index in [-0.39, 0.29) is 0 Å². The summed E-state index contributed by atoms with van der Waals surface area (Å²) in [6, 6.07) is 10.5. The van der Waals surface area contributed by atoms with Gasteiger partial charge in [-0.15, -0.1) is 0 Å². The normalized spacial score (nSPS) is 12.7. The second kappa shape index (κ2) is 7.15. The second-order valence-electron chi connectivity index (χ2n) is 5.22. The van der Waals surface area contributed by atoms with Crippen molar-refractivity contribution in [1.82, 2.24) is 10.2 Å². The Hall–Kier alpha value is -1.37. The fourth-order valence-corrected chi connectivity index (χ4v) is 2.13. The van der Waals surface area contributed by atoms with Gasteiger partial charge in [0.05, 0.1) is 11.6 Å². The number of hydrogen-bond donors (Lipinski definition) is 1.